The van der Waals surface area contributed by atoms with Crippen molar-refractivity contribution in [3.63, 3.8) is 0 Å². The van der Waals surface area contributed by atoms with E-state index in [2.05, 4.69) is 0 Å². The van der Waals surface area contributed by atoms with Gasteiger partial charge in [0.2, 0.25) is 6.43 Å². The number of hydrogen-bond donors (Lipinski definition) is 2. The minimum Gasteiger partial charge on any atom is -0.427 e. The largest absolute Gasteiger partial charge is 0.451 e. The Kier molecular flexibility index (Phi) is 3.73. The molecule has 0 aromatic carbocycles. The first-order chi connectivity index (χ1) is 4.04. The summed E-state index contributed by atoms with van der Waals surface area (Å²) >= 11 is 0. The van der Waals surface area contributed by atoms with E-state index in [1.165, 1.54) is 6.92 Å². The molecule has 0 heterocycles. The Labute approximate surface area is 52.6 Å². The van der Waals surface area contributed by atoms with Gasteiger partial charge in [-0.2, -0.15) is 0 Å². The van der Waals surface area contributed by atoms with Crippen LogP contribution in [-0.2, 0) is 0 Å². The monoisotopic (exact) mass is 138 g/mol. The van der Waals surface area contributed by atoms with Crippen LogP contribution in [0.1, 0.15) is 6.92 Å². The van der Waals surface area contributed by atoms with Crippen LogP contribution in [0.4, 0.5) is 8.78 Å². The molecule has 1 unspecified atom stereocenters. The number of halogens is 2. The molecule has 0 bridgehead atoms. The van der Waals surface area contributed by atoms with Crippen molar-refractivity contribution in [1.29, 1.82) is 0 Å². The molecule has 54 valence electrons. The summed E-state index contributed by atoms with van der Waals surface area (Å²) in [6.07, 6.45) is -2.73. The van der Waals surface area contributed by atoms with Crippen LogP contribution in [0.15, 0.2) is 0 Å². The average molecular weight is 138 g/mol. The molecule has 0 spiro atoms. The van der Waals surface area contributed by atoms with Crippen molar-refractivity contribution in [2.24, 2.45) is 5.92 Å². The summed E-state index contributed by atoms with van der Waals surface area (Å²) in [6, 6.07) is 0. The van der Waals surface area contributed by atoms with Gasteiger partial charge in [0.15, 0.2) is 0 Å². The number of alkyl halides is 2. The van der Waals surface area contributed by atoms with Crippen molar-refractivity contribution in [3.8, 4) is 0 Å². The predicted octanol–water partition coefficient (Wildman–Crippen LogP) is 0.360. The fraction of sp³-hybridized carbons (Fsp3) is 1.00. The molecule has 0 aliphatic rings. The van der Waals surface area contributed by atoms with Gasteiger partial charge in [-0.15, -0.1) is 0 Å². The molecule has 2 N–H and O–H groups in total. The fourth-order valence-corrected chi connectivity index (χ4v) is 0.435. The predicted molar refractivity (Wildman–Crippen MR) is 30.2 cm³/mol. The van der Waals surface area contributed by atoms with Crippen molar-refractivity contribution in [2.75, 3.05) is 0 Å². The highest BCUT2D eigenvalue weighted by atomic mass is 19.3. The lowest BCUT2D eigenvalue weighted by atomic mass is 9.79. The minimum atomic E-state index is -2.47. The summed E-state index contributed by atoms with van der Waals surface area (Å²) in [5.41, 5.74) is 0. The highest BCUT2D eigenvalue weighted by Gasteiger charge is 2.20. The molecular weight excluding hydrogens is 129 g/mol. The van der Waals surface area contributed by atoms with Crippen molar-refractivity contribution in [1.82, 2.24) is 0 Å². The first-order valence-corrected chi connectivity index (χ1v) is 2.68. The van der Waals surface area contributed by atoms with Crippen molar-refractivity contribution in [3.05, 3.63) is 0 Å². The zero-order valence-corrected chi connectivity index (χ0v) is 5.09. The summed E-state index contributed by atoms with van der Waals surface area (Å²) in [7, 11) is -1.62. The van der Waals surface area contributed by atoms with Crippen LogP contribution in [0.2, 0.25) is 6.32 Å². The lowest BCUT2D eigenvalue weighted by Crippen LogP contribution is -2.19. The fourth-order valence-electron chi connectivity index (χ4n) is 0.435. The minimum absolute atomic E-state index is 0.266. The molecule has 0 fully saturated rings. The average Bonchev–Trinajstić information content (AvgIpc) is 1.63. The Morgan fingerprint density at radius 2 is 1.89 bits per heavy atom. The van der Waals surface area contributed by atoms with E-state index < -0.39 is 19.5 Å². The first kappa shape index (κ1) is 8.84. The quantitative estimate of drug-likeness (QED) is 0.552. The second-order valence-corrected chi connectivity index (χ2v) is 2.03. The van der Waals surface area contributed by atoms with Crippen LogP contribution in [0.3, 0.4) is 0 Å². The van der Waals surface area contributed by atoms with Crippen LogP contribution < -0.4 is 0 Å². The van der Waals surface area contributed by atoms with Crippen molar-refractivity contribution in [2.45, 2.75) is 19.7 Å². The smallest absolute Gasteiger partial charge is 0.427 e. The van der Waals surface area contributed by atoms with Gasteiger partial charge in [0, 0.05) is 5.92 Å². The van der Waals surface area contributed by atoms with Gasteiger partial charge < -0.3 is 10.0 Å². The molecule has 1 atom stereocenters. The van der Waals surface area contributed by atoms with Crippen LogP contribution >= 0.6 is 0 Å². The number of rotatable bonds is 3. The maximum Gasteiger partial charge on any atom is 0.451 e. The van der Waals surface area contributed by atoms with Gasteiger partial charge in [-0.3, -0.25) is 0 Å². The molecule has 0 amide bonds. The third kappa shape index (κ3) is 4.35. The molecule has 0 aromatic rings. The van der Waals surface area contributed by atoms with Crippen molar-refractivity contribution >= 4 is 7.12 Å². The van der Waals surface area contributed by atoms with Crippen molar-refractivity contribution < 1.29 is 18.8 Å². The maximum absolute atomic E-state index is 11.6. The van der Waals surface area contributed by atoms with Gasteiger partial charge in [-0.25, -0.2) is 8.78 Å². The van der Waals surface area contributed by atoms with E-state index in [0.29, 0.717) is 0 Å². The van der Waals surface area contributed by atoms with Crippen LogP contribution in [0.5, 0.6) is 0 Å². The van der Waals surface area contributed by atoms with Gasteiger partial charge >= 0.3 is 7.12 Å². The summed E-state index contributed by atoms with van der Waals surface area (Å²) < 4.78 is 23.1. The van der Waals surface area contributed by atoms with Gasteiger partial charge in [-0.1, -0.05) is 6.92 Å². The van der Waals surface area contributed by atoms with Crippen LogP contribution in [0, 0.1) is 5.92 Å². The maximum atomic E-state index is 11.6. The molecule has 0 saturated carbocycles. The van der Waals surface area contributed by atoms with E-state index >= 15 is 0 Å². The normalized spacial score (nSPS) is 14.0. The van der Waals surface area contributed by atoms with Crippen LogP contribution in [-0.4, -0.2) is 23.6 Å². The van der Waals surface area contributed by atoms with Gasteiger partial charge in [0.05, 0.1) is 0 Å². The third-order valence-electron chi connectivity index (χ3n) is 1.01. The summed E-state index contributed by atoms with van der Waals surface area (Å²) in [5.74, 6) is -0.940. The Morgan fingerprint density at radius 3 is 2.00 bits per heavy atom. The molecule has 0 aromatic heterocycles. The molecule has 0 radical (unpaired) electrons. The first-order valence-electron chi connectivity index (χ1n) is 2.68. The lowest BCUT2D eigenvalue weighted by Gasteiger charge is -2.07. The third-order valence-corrected chi connectivity index (χ3v) is 1.01. The Morgan fingerprint density at radius 1 is 1.44 bits per heavy atom. The van der Waals surface area contributed by atoms with Gasteiger partial charge in [0.1, 0.15) is 0 Å². The van der Waals surface area contributed by atoms with E-state index in [-0.39, 0.29) is 6.32 Å². The molecule has 0 rings (SSSR count). The topological polar surface area (TPSA) is 40.5 Å². The van der Waals surface area contributed by atoms with E-state index in [1.54, 1.807) is 0 Å². The van der Waals surface area contributed by atoms with Gasteiger partial charge in [0.25, 0.3) is 0 Å². The second kappa shape index (κ2) is 3.79. The zero-order chi connectivity index (χ0) is 7.44. The van der Waals surface area contributed by atoms with E-state index in [9.17, 15) is 8.78 Å². The highest BCUT2D eigenvalue weighted by Crippen LogP contribution is 2.13. The molecular formula is C4H9BF2O2. The summed E-state index contributed by atoms with van der Waals surface area (Å²) in [5, 5.41) is 16.4. The van der Waals surface area contributed by atoms with E-state index in [1.807, 2.05) is 0 Å². The molecule has 5 heteroatoms. The summed E-state index contributed by atoms with van der Waals surface area (Å²) in [4.78, 5) is 0. The Hall–Kier alpha value is -0.155. The highest BCUT2D eigenvalue weighted by molar-refractivity contribution is 6.41. The molecule has 0 aliphatic carbocycles. The van der Waals surface area contributed by atoms with E-state index in [0.717, 1.165) is 0 Å². The molecule has 0 saturated heterocycles. The Bertz CT molecular complexity index is 79.0. The SMILES string of the molecule is CC(CB(O)O)C(F)F. The van der Waals surface area contributed by atoms with Gasteiger partial charge in [-0.05, 0) is 6.32 Å². The van der Waals surface area contributed by atoms with Crippen LogP contribution in [0.25, 0.3) is 0 Å². The number of hydrogen-bond acceptors (Lipinski definition) is 2. The second-order valence-electron chi connectivity index (χ2n) is 2.03. The molecule has 9 heavy (non-hydrogen) atoms. The molecule has 0 aliphatic heterocycles. The molecule has 2 nitrogen and oxygen atoms in total. The lowest BCUT2D eigenvalue weighted by molar-refractivity contribution is 0.0920. The summed E-state index contributed by atoms with van der Waals surface area (Å²) in [6.45, 7) is 1.27. The van der Waals surface area contributed by atoms with E-state index in [4.69, 9.17) is 10.0 Å². The Balaban J connectivity index is 3.38. The standard InChI is InChI=1S/C4H9BF2O2/c1-3(4(6)7)2-5(8)9/h3-4,8-9H,2H2,1H3. The zero-order valence-electron chi connectivity index (χ0n) is 5.09.